The fourth-order valence-corrected chi connectivity index (χ4v) is 3.82. The van der Waals surface area contributed by atoms with Crippen LogP contribution in [0.15, 0.2) is 0 Å². The lowest BCUT2D eigenvalue weighted by Gasteiger charge is -2.29. The molecule has 3 fully saturated rings. The van der Waals surface area contributed by atoms with Gasteiger partial charge in [0, 0.05) is 19.1 Å². The van der Waals surface area contributed by atoms with E-state index in [4.69, 9.17) is 14.7 Å². The predicted molar refractivity (Wildman–Crippen MR) is 83.0 cm³/mol. The first kappa shape index (κ1) is 18.8. The van der Waals surface area contributed by atoms with Crippen molar-refractivity contribution in [1.82, 2.24) is 20.8 Å². The Morgan fingerprint density at radius 3 is 2.88 bits per heavy atom. The number of hydrogen-bond acceptors (Lipinski definition) is 8. The van der Waals surface area contributed by atoms with Crippen molar-refractivity contribution >= 4 is 22.3 Å². The van der Waals surface area contributed by atoms with Gasteiger partial charge in [0.05, 0.1) is 24.6 Å². The van der Waals surface area contributed by atoms with Crippen molar-refractivity contribution in [3.63, 3.8) is 0 Å². The number of carbonyl (C=O) groups excluding carboxylic acids is 2. The number of hydrogen-bond donors (Lipinski definition) is 3. The monoisotopic (exact) mass is 389 g/mol. The van der Waals surface area contributed by atoms with E-state index in [-0.39, 0.29) is 25.1 Å². The van der Waals surface area contributed by atoms with Crippen LogP contribution < -0.4 is 10.8 Å². The van der Waals surface area contributed by atoms with Crippen molar-refractivity contribution in [2.24, 2.45) is 5.92 Å². The highest BCUT2D eigenvalue weighted by Crippen LogP contribution is 2.30. The molecule has 2 unspecified atom stereocenters. The van der Waals surface area contributed by atoms with Crippen LogP contribution in [0.1, 0.15) is 19.3 Å². The van der Waals surface area contributed by atoms with E-state index in [1.54, 1.807) is 0 Å². The number of nitrogens with zero attached hydrogens (tertiary/aromatic N) is 3. The van der Waals surface area contributed by atoms with Crippen molar-refractivity contribution in [3.05, 3.63) is 0 Å². The Kier molecular flexibility index (Phi) is 5.30. The molecule has 3 heterocycles. The normalized spacial score (nSPS) is 31.2. The Morgan fingerprint density at radius 1 is 1.46 bits per heavy atom. The summed E-state index contributed by atoms with van der Waals surface area (Å²) >= 11 is 0. The van der Waals surface area contributed by atoms with Crippen LogP contribution in [0, 0.1) is 17.2 Å². The fraction of sp³-hybridized carbons (Fsp3) is 0.769. The SMILES string of the molecule is N#C[C@H]1CN[C@H](CONC(=O)C2CCC3CN2C(=O)N3OS(=O)(=O)O)C1. The Labute approximate surface area is 149 Å². The van der Waals surface area contributed by atoms with E-state index in [0.29, 0.717) is 30.9 Å². The molecule has 3 N–H and O–H groups in total. The highest BCUT2D eigenvalue weighted by atomic mass is 32.3. The lowest BCUT2D eigenvalue weighted by Crippen LogP contribution is -2.50. The zero-order chi connectivity index (χ0) is 18.9. The minimum absolute atomic E-state index is 0.0391. The molecule has 0 spiro atoms. The van der Waals surface area contributed by atoms with Gasteiger partial charge in [-0.3, -0.25) is 14.2 Å². The molecule has 0 saturated carbocycles. The van der Waals surface area contributed by atoms with Crippen LogP contribution in [0.2, 0.25) is 0 Å². The maximum atomic E-state index is 12.3. The first-order chi connectivity index (χ1) is 12.3. The minimum atomic E-state index is -4.82. The third kappa shape index (κ3) is 4.05. The highest BCUT2D eigenvalue weighted by molar-refractivity contribution is 7.80. The molecule has 26 heavy (non-hydrogen) atoms. The number of nitrogens with one attached hydrogen (secondary N) is 2. The Balaban J connectivity index is 1.50. The van der Waals surface area contributed by atoms with Crippen LogP contribution in [0.5, 0.6) is 0 Å². The van der Waals surface area contributed by atoms with Crippen LogP contribution in [0.25, 0.3) is 0 Å². The van der Waals surface area contributed by atoms with Gasteiger partial charge in [-0.15, -0.1) is 4.28 Å². The molecule has 0 aliphatic carbocycles. The molecule has 0 aromatic rings. The van der Waals surface area contributed by atoms with Crippen molar-refractivity contribution in [3.8, 4) is 6.07 Å². The molecular weight excluding hydrogens is 370 g/mol. The summed E-state index contributed by atoms with van der Waals surface area (Å²) < 4.78 is 34.7. The Bertz CT molecular complexity index is 723. The molecular formula is C13H19N5O7S. The number of urea groups is 1. The van der Waals surface area contributed by atoms with E-state index in [1.165, 1.54) is 4.90 Å². The largest absolute Gasteiger partial charge is 0.418 e. The van der Waals surface area contributed by atoms with E-state index >= 15 is 0 Å². The molecule has 3 rings (SSSR count). The summed E-state index contributed by atoms with van der Waals surface area (Å²) in [6.45, 7) is 0.875. The lowest BCUT2D eigenvalue weighted by molar-refractivity contribution is -0.139. The summed E-state index contributed by atoms with van der Waals surface area (Å²) in [7, 11) is -4.82. The Morgan fingerprint density at radius 2 is 2.23 bits per heavy atom. The summed E-state index contributed by atoms with van der Waals surface area (Å²) in [5.41, 5.74) is 2.30. The van der Waals surface area contributed by atoms with Gasteiger partial charge in [-0.25, -0.2) is 10.3 Å². The third-order valence-corrected chi connectivity index (χ3v) is 5.01. The maximum Gasteiger partial charge on any atom is 0.418 e. The van der Waals surface area contributed by atoms with Crippen molar-refractivity contribution in [2.45, 2.75) is 37.4 Å². The summed E-state index contributed by atoms with van der Waals surface area (Å²) in [5, 5.41) is 12.5. The maximum absolute atomic E-state index is 12.3. The smallest absolute Gasteiger partial charge is 0.310 e. The molecule has 3 saturated heterocycles. The van der Waals surface area contributed by atoms with E-state index in [0.717, 1.165) is 0 Å². The van der Waals surface area contributed by atoms with E-state index in [1.807, 2.05) is 0 Å². The number of piperidine rings is 1. The van der Waals surface area contributed by atoms with Crippen LogP contribution in [0.3, 0.4) is 0 Å². The Hall–Kier alpha value is -1.98. The zero-order valence-corrected chi connectivity index (χ0v) is 14.5. The second kappa shape index (κ2) is 7.33. The van der Waals surface area contributed by atoms with Gasteiger partial charge in [0.2, 0.25) is 0 Å². The van der Waals surface area contributed by atoms with Crippen LogP contribution >= 0.6 is 0 Å². The van der Waals surface area contributed by atoms with E-state index in [2.05, 4.69) is 21.1 Å². The van der Waals surface area contributed by atoms with Gasteiger partial charge >= 0.3 is 16.4 Å². The van der Waals surface area contributed by atoms with Crippen LogP contribution in [-0.4, -0.2) is 72.7 Å². The highest BCUT2D eigenvalue weighted by Gasteiger charge is 2.49. The van der Waals surface area contributed by atoms with Crippen molar-refractivity contribution in [1.29, 1.82) is 5.26 Å². The fourth-order valence-electron chi connectivity index (χ4n) is 3.43. The molecule has 3 aliphatic rings. The minimum Gasteiger partial charge on any atom is -0.310 e. The average Bonchev–Trinajstić information content (AvgIpc) is 3.13. The first-order valence-electron chi connectivity index (χ1n) is 8.10. The van der Waals surface area contributed by atoms with Gasteiger partial charge < -0.3 is 10.2 Å². The van der Waals surface area contributed by atoms with E-state index in [9.17, 15) is 18.0 Å². The summed E-state index contributed by atoms with van der Waals surface area (Å²) in [6.07, 6.45) is 1.27. The zero-order valence-electron chi connectivity index (χ0n) is 13.7. The first-order valence-corrected chi connectivity index (χ1v) is 9.46. The van der Waals surface area contributed by atoms with E-state index < -0.39 is 34.4 Å². The summed E-state index contributed by atoms with van der Waals surface area (Å²) in [5.74, 6) is -0.606. The second-order valence-electron chi connectivity index (χ2n) is 6.45. The molecule has 13 heteroatoms. The van der Waals surface area contributed by atoms with Crippen molar-refractivity contribution in [2.75, 3.05) is 19.7 Å². The summed E-state index contributed by atoms with van der Waals surface area (Å²) in [4.78, 5) is 30.9. The molecule has 0 radical (unpaired) electrons. The topological polar surface area (TPSA) is 161 Å². The molecule has 0 aromatic heterocycles. The van der Waals surface area contributed by atoms with Gasteiger partial charge in [-0.1, -0.05) is 0 Å². The molecule has 3 aliphatic heterocycles. The number of fused-ring (bicyclic) bond motifs is 2. The van der Waals surface area contributed by atoms with Gasteiger partial charge in [-0.05, 0) is 19.3 Å². The number of hydroxylamine groups is 3. The molecule has 144 valence electrons. The molecule has 3 amide bonds. The second-order valence-corrected chi connectivity index (χ2v) is 7.46. The third-order valence-electron chi connectivity index (χ3n) is 4.66. The van der Waals surface area contributed by atoms with Crippen molar-refractivity contribution < 1.29 is 31.7 Å². The predicted octanol–water partition coefficient (Wildman–Crippen LogP) is -1.46. The average molecular weight is 389 g/mol. The number of amides is 3. The van der Waals surface area contributed by atoms with Gasteiger partial charge in [0.1, 0.15) is 6.04 Å². The lowest BCUT2D eigenvalue weighted by atomic mass is 10.0. The van der Waals surface area contributed by atoms with Gasteiger partial charge in [0.15, 0.2) is 0 Å². The van der Waals surface area contributed by atoms with Gasteiger partial charge in [0.25, 0.3) is 5.91 Å². The number of rotatable bonds is 6. The standard InChI is InChI=1S/C13H19N5O7S/c14-4-8-3-9(15-5-8)7-24-16-12(19)11-2-1-10-6-17(11)13(20)18(10)25-26(21,22)23/h8-11,15H,1-3,5-7H2,(H,16,19)(H,21,22,23)/t8-,9-,10?,11?/m0/s1. The quantitative estimate of drug-likeness (QED) is 0.364. The molecule has 12 nitrogen and oxygen atoms in total. The molecule has 2 bridgehead atoms. The van der Waals surface area contributed by atoms with Crippen LogP contribution in [-0.2, 0) is 24.3 Å². The van der Waals surface area contributed by atoms with Gasteiger partial charge in [-0.2, -0.15) is 18.7 Å². The molecule has 4 atom stereocenters. The number of nitriles is 1. The molecule has 0 aromatic carbocycles. The number of carbonyl (C=O) groups is 2. The summed E-state index contributed by atoms with van der Waals surface area (Å²) in [6, 6.07) is -0.0615. The van der Waals surface area contributed by atoms with Crippen LogP contribution in [0.4, 0.5) is 4.79 Å².